The highest BCUT2D eigenvalue weighted by Gasteiger charge is 2.27. The largest absolute Gasteiger partial charge is 0.484 e. The average molecular weight is 489 g/mol. The van der Waals surface area contributed by atoms with Crippen molar-refractivity contribution in [3.8, 4) is 17.0 Å². The van der Waals surface area contributed by atoms with Crippen LogP contribution >= 0.6 is 11.3 Å². The number of nitro groups is 1. The Bertz CT molecular complexity index is 1270. The number of hydrogen-bond donors (Lipinski definition) is 1. The van der Waals surface area contributed by atoms with Crippen LogP contribution in [0.4, 0.5) is 10.8 Å². The van der Waals surface area contributed by atoms with Crippen molar-refractivity contribution in [2.75, 3.05) is 25.0 Å². The molecule has 33 heavy (non-hydrogen) atoms. The maximum absolute atomic E-state index is 12.6. The van der Waals surface area contributed by atoms with Crippen molar-refractivity contribution in [2.24, 2.45) is 0 Å². The fourth-order valence-corrected chi connectivity index (χ4v) is 5.58. The van der Waals surface area contributed by atoms with Gasteiger partial charge in [0.15, 0.2) is 11.7 Å². The van der Waals surface area contributed by atoms with Gasteiger partial charge < -0.3 is 4.74 Å². The molecular formula is C21H20N4O6S2. The second-order valence-corrected chi connectivity index (χ2v) is 10.1. The number of amides is 1. The molecule has 1 fully saturated rings. The molecule has 172 valence electrons. The summed E-state index contributed by atoms with van der Waals surface area (Å²) in [7, 11) is -3.48. The fraction of sp³-hybridized carbons (Fsp3) is 0.238. The van der Waals surface area contributed by atoms with Crippen LogP contribution in [0.15, 0.2) is 58.8 Å². The number of non-ortho nitro benzene ring substituents is 1. The maximum atomic E-state index is 12.6. The molecule has 10 nitrogen and oxygen atoms in total. The van der Waals surface area contributed by atoms with Gasteiger partial charge in [0.2, 0.25) is 10.0 Å². The van der Waals surface area contributed by atoms with Gasteiger partial charge in [-0.1, -0.05) is 18.2 Å². The topological polar surface area (TPSA) is 132 Å². The molecule has 4 rings (SSSR count). The summed E-state index contributed by atoms with van der Waals surface area (Å²) >= 11 is 1.22. The molecule has 1 saturated heterocycles. The molecule has 2 heterocycles. The van der Waals surface area contributed by atoms with E-state index in [9.17, 15) is 23.3 Å². The van der Waals surface area contributed by atoms with Crippen LogP contribution in [0.1, 0.15) is 12.8 Å². The predicted octanol–water partition coefficient (Wildman–Crippen LogP) is 3.52. The van der Waals surface area contributed by atoms with E-state index in [0.717, 1.165) is 18.4 Å². The molecule has 2 aromatic carbocycles. The number of carbonyl (C=O) groups is 1. The summed E-state index contributed by atoms with van der Waals surface area (Å²) in [4.78, 5) is 27.0. The lowest BCUT2D eigenvalue weighted by molar-refractivity contribution is -0.384. The first-order valence-corrected chi connectivity index (χ1v) is 12.4. The highest BCUT2D eigenvalue weighted by molar-refractivity contribution is 7.89. The number of thiazole rings is 1. The lowest BCUT2D eigenvalue weighted by Crippen LogP contribution is -2.27. The Kier molecular flexibility index (Phi) is 6.67. The van der Waals surface area contributed by atoms with Gasteiger partial charge in [-0.25, -0.2) is 13.4 Å². The summed E-state index contributed by atoms with van der Waals surface area (Å²) in [6.07, 6.45) is 1.75. The van der Waals surface area contributed by atoms with Gasteiger partial charge in [0.25, 0.3) is 11.6 Å². The number of carbonyl (C=O) groups excluding carboxylic acids is 1. The first kappa shape index (κ1) is 22.8. The second kappa shape index (κ2) is 9.65. The minimum atomic E-state index is -3.48. The Hall–Kier alpha value is -3.35. The summed E-state index contributed by atoms with van der Waals surface area (Å²) in [6, 6.07) is 12.1. The molecule has 3 aromatic rings. The number of nitrogens with zero attached hydrogens (tertiary/aromatic N) is 3. The highest BCUT2D eigenvalue weighted by Crippen LogP contribution is 2.27. The summed E-state index contributed by atoms with van der Waals surface area (Å²) in [5.74, 6) is -0.252. The zero-order chi connectivity index (χ0) is 23.4. The Morgan fingerprint density at radius 2 is 1.91 bits per heavy atom. The first-order chi connectivity index (χ1) is 15.8. The van der Waals surface area contributed by atoms with Crippen LogP contribution in [-0.2, 0) is 14.8 Å². The molecule has 0 bridgehead atoms. The van der Waals surface area contributed by atoms with Gasteiger partial charge in [0.1, 0.15) is 5.75 Å². The number of nitrogens with one attached hydrogen (secondary N) is 1. The minimum Gasteiger partial charge on any atom is -0.484 e. The second-order valence-electron chi connectivity index (χ2n) is 7.26. The quantitative estimate of drug-likeness (QED) is 0.379. The van der Waals surface area contributed by atoms with E-state index in [1.165, 1.54) is 39.9 Å². The molecule has 0 spiro atoms. The van der Waals surface area contributed by atoms with Gasteiger partial charge in [0.05, 0.1) is 21.6 Å². The monoisotopic (exact) mass is 488 g/mol. The van der Waals surface area contributed by atoms with Crippen molar-refractivity contribution >= 4 is 38.1 Å². The lowest BCUT2D eigenvalue weighted by atomic mass is 10.2. The Labute approximate surface area is 194 Å². The van der Waals surface area contributed by atoms with Crippen LogP contribution in [0, 0.1) is 10.1 Å². The zero-order valence-corrected chi connectivity index (χ0v) is 19.0. The van der Waals surface area contributed by atoms with E-state index in [-0.39, 0.29) is 22.9 Å². The lowest BCUT2D eigenvalue weighted by Gasteiger charge is -2.15. The third kappa shape index (κ3) is 5.35. The van der Waals surface area contributed by atoms with E-state index in [0.29, 0.717) is 23.9 Å². The van der Waals surface area contributed by atoms with Crippen molar-refractivity contribution in [1.29, 1.82) is 0 Å². The normalized spacial score (nSPS) is 14.2. The van der Waals surface area contributed by atoms with Crippen molar-refractivity contribution < 1.29 is 22.9 Å². The van der Waals surface area contributed by atoms with E-state index in [1.54, 1.807) is 29.6 Å². The molecular weight excluding hydrogens is 468 g/mol. The van der Waals surface area contributed by atoms with Crippen molar-refractivity contribution in [1.82, 2.24) is 9.29 Å². The molecule has 1 N–H and O–H groups in total. The summed E-state index contributed by atoms with van der Waals surface area (Å²) in [6.45, 7) is 0.757. The SMILES string of the molecule is O=C(COc1cccc([N+](=O)[O-])c1)Nc1nc(-c2ccc(S(=O)(=O)N3CCCC3)cc2)cs1. The summed E-state index contributed by atoms with van der Waals surface area (Å²) in [5.41, 5.74) is 1.19. The van der Waals surface area contributed by atoms with E-state index in [4.69, 9.17) is 4.74 Å². The van der Waals surface area contributed by atoms with E-state index >= 15 is 0 Å². The molecule has 12 heteroatoms. The molecule has 0 atom stereocenters. The minimum absolute atomic E-state index is 0.128. The number of anilines is 1. The number of rotatable bonds is 8. The molecule has 0 saturated carbocycles. The Morgan fingerprint density at radius 1 is 1.18 bits per heavy atom. The molecule has 0 unspecified atom stereocenters. The van der Waals surface area contributed by atoms with Crippen LogP contribution in [0.2, 0.25) is 0 Å². The van der Waals surface area contributed by atoms with Gasteiger partial charge in [-0.2, -0.15) is 4.31 Å². The third-order valence-corrected chi connectivity index (χ3v) is 7.67. The number of aromatic nitrogens is 1. The van der Waals surface area contributed by atoms with Crippen molar-refractivity contribution in [2.45, 2.75) is 17.7 Å². The number of benzene rings is 2. The van der Waals surface area contributed by atoms with Gasteiger partial charge in [-0.15, -0.1) is 11.3 Å². The van der Waals surface area contributed by atoms with E-state index in [2.05, 4.69) is 10.3 Å². The maximum Gasteiger partial charge on any atom is 0.273 e. The van der Waals surface area contributed by atoms with Crippen molar-refractivity contribution in [3.05, 3.63) is 64.0 Å². The summed E-state index contributed by atoms with van der Waals surface area (Å²) < 4.78 is 32.1. The molecule has 1 aliphatic rings. The fourth-order valence-electron chi connectivity index (χ4n) is 3.33. The van der Waals surface area contributed by atoms with Gasteiger partial charge in [0, 0.05) is 30.1 Å². The highest BCUT2D eigenvalue weighted by atomic mass is 32.2. The first-order valence-electron chi connectivity index (χ1n) is 10.1. The van der Waals surface area contributed by atoms with Crippen LogP contribution in [-0.4, -0.2) is 48.2 Å². The number of ether oxygens (including phenoxy) is 1. The molecule has 1 aromatic heterocycles. The molecule has 0 radical (unpaired) electrons. The van der Waals surface area contributed by atoms with Gasteiger partial charge in [-0.05, 0) is 31.0 Å². The van der Waals surface area contributed by atoms with Crippen LogP contribution in [0.3, 0.4) is 0 Å². The molecule has 1 amide bonds. The van der Waals surface area contributed by atoms with Crippen LogP contribution in [0.25, 0.3) is 11.3 Å². The van der Waals surface area contributed by atoms with Gasteiger partial charge in [-0.3, -0.25) is 20.2 Å². The van der Waals surface area contributed by atoms with E-state index < -0.39 is 20.9 Å². The zero-order valence-electron chi connectivity index (χ0n) is 17.3. The van der Waals surface area contributed by atoms with E-state index in [1.807, 2.05) is 0 Å². The van der Waals surface area contributed by atoms with Crippen molar-refractivity contribution in [3.63, 3.8) is 0 Å². The number of nitro benzene ring substituents is 1. The summed E-state index contributed by atoms with van der Waals surface area (Å²) in [5, 5.41) is 15.5. The number of hydrogen-bond acceptors (Lipinski definition) is 8. The third-order valence-electron chi connectivity index (χ3n) is 5.00. The average Bonchev–Trinajstić information content (AvgIpc) is 3.51. The van der Waals surface area contributed by atoms with Crippen LogP contribution in [0.5, 0.6) is 5.75 Å². The molecule has 1 aliphatic heterocycles. The standard InChI is InChI=1S/C21H20N4O6S2/c26-20(13-31-17-5-3-4-16(12-17)25(27)28)23-21-22-19(14-32-21)15-6-8-18(9-7-15)33(29,30)24-10-1-2-11-24/h3-9,12,14H,1-2,10-11,13H2,(H,22,23,26). The predicted molar refractivity (Wildman–Crippen MR) is 123 cm³/mol. The smallest absolute Gasteiger partial charge is 0.273 e. The molecule has 0 aliphatic carbocycles. The van der Waals surface area contributed by atoms with Crippen LogP contribution < -0.4 is 10.1 Å². The van der Waals surface area contributed by atoms with Gasteiger partial charge >= 0.3 is 0 Å². The Balaban J connectivity index is 1.36. The number of sulfonamides is 1. The Morgan fingerprint density at radius 3 is 2.61 bits per heavy atom.